The van der Waals surface area contributed by atoms with Gasteiger partial charge in [0, 0.05) is 6.61 Å². The molecule has 0 bridgehead atoms. The quantitative estimate of drug-likeness (QED) is 0.612. The highest BCUT2D eigenvalue weighted by molar-refractivity contribution is 4.54. The van der Waals surface area contributed by atoms with Crippen LogP contribution < -0.4 is 0 Å². The molecule has 0 aliphatic carbocycles. The van der Waals surface area contributed by atoms with Gasteiger partial charge in [-0.25, -0.2) is 0 Å². The zero-order valence-electron chi connectivity index (χ0n) is 11.7. The molecule has 0 aromatic carbocycles. The summed E-state index contributed by atoms with van der Waals surface area (Å²) >= 11 is 0. The Labute approximate surface area is 100 Å². The summed E-state index contributed by atoms with van der Waals surface area (Å²) < 4.78 is 16.7. The molecule has 0 fully saturated rings. The molecule has 0 saturated carbocycles. The lowest BCUT2D eigenvalue weighted by molar-refractivity contribution is -0.0689. The minimum Gasteiger partial charge on any atom is -0.376 e. The van der Waals surface area contributed by atoms with E-state index in [4.69, 9.17) is 14.2 Å². The Morgan fingerprint density at radius 1 is 0.625 bits per heavy atom. The monoisotopic (exact) mass is 232 g/mol. The van der Waals surface area contributed by atoms with Crippen LogP contribution in [-0.4, -0.2) is 38.1 Å². The lowest BCUT2D eigenvalue weighted by Crippen LogP contribution is -2.25. The van der Waals surface area contributed by atoms with E-state index in [0.29, 0.717) is 19.1 Å². The molecule has 0 radical (unpaired) electrons. The second-order valence-corrected chi connectivity index (χ2v) is 5.06. The minimum absolute atomic E-state index is 0.132. The molecule has 0 aliphatic rings. The number of hydrogen-bond donors (Lipinski definition) is 0. The summed E-state index contributed by atoms with van der Waals surface area (Å²) in [7, 11) is 0. The second kappa shape index (κ2) is 8.97. The summed E-state index contributed by atoms with van der Waals surface area (Å²) in [5, 5.41) is 0. The Morgan fingerprint density at radius 2 is 1.06 bits per heavy atom. The van der Waals surface area contributed by atoms with Gasteiger partial charge in [-0.3, -0.25) is 0 Å². The summed E-state index contributed by atoms with van der Waals surface area (Å²) in [5.41, 5.74) is 0. The normalized spacial score (nSPS) is 15.8. The molecule has 0 amide bonds. The summed E-state index contributed by atoms with van der Waals surface area (Å²) in [6.07, 6.45) is 0.553. The average molecular weight is 232 g/mol. The van der Waals surface area contributed by atoms with Crippen molar-refractivity contribution >= 4 is 0 Å². The van der Waals surface area contributed by atoms with E-state index in [1.807, 2.05) is 27.7 Å². The Morgan fingerprint density at radius 3 is 1.50 bits per heavy atom. The van der Waals surface area contributed by atoms with Crippen LogP contribution in [0.25, 0.3) is 0 Å². The fourth-order valence-electron chi connectivity index (χ4n) is 1.08. The molecule has 0 aliphatic heterocycles. The number of hydrogen-bond acceptors (Lipinski definition) is 3. The molecule has 98 valence electrons. The van der Waals surface area contributed by atoms with Crippen molar-refractivity contribution in [1.29, 1.82) is 0 Å². The zero-order valence-corrected chi connectivity index (χ0v) is 11.7. The van der Waals surface area contributed by atoms with Gasteiger partial charge < -0.3 is 14.2 Å². The Balaban J connectivity index is 3.47. The van der Waals surface area contributed by atoms with E-state index < -0.39 is 0 Å². The molecular weight excluding hydrogens is 204 g/mol. The fraction of sp³-hybridized carbons (Fsp3) is 1.00. The lowest BCUT2D eigenvalue weighted by Gasteiger charge is -2.19. The Hall–Kier alpha value is -0.120. The van der Waals surface area contributed by atoms with E-state index in [2.05, 4.69) is 13.8 Å². The first-order valence-electron chi connectivity index (χ1n) is 6.26. The van der Waals surface area contributed by atoms with Gasteiger partial charge in [0.25, 0.3) is 0 Å². The van der Waals surface area contributed by atoms with Gasteiger partial charge in [0.15, 0.2) is 0 Å². The van der Waals surface area contributed by atoms with Gasteiger partial charge in [0.05, 0.1) is 31.5 Å². The first-order valence-corrected chi connectivity index (χ1v) is 6.26. The van der Waals surface area contributed by atoms with Crippen molar-refractivity contribution in [2.45, 2.75) is 59.9 Å². The molecule has 0 heterocycles. The first-order chi connectivity index (χ1) is 7.41. The topological polar surface area (TPSA) is 27.7 Å². The number of ether oxygens (including phenoxy) is 3. The van der Waals surface area contributed by atoms with Crippen LogP contribution in [0.5, 0.6) is 0 Å². The van der Waals surface area contributed by atoms with Gasteiger partial charge >= 0.3 is 0 Å². The third-order valence-electron chi connectivity index (χ3n) is 1.99. The minimum atomic E-state index is 0.132. The molecule has 0 aromatic rings. The van der Waals surface area contributed by atoms with Gasteiger partial charge in [-0.1, -0.05) is 13.8 Å². The molecule has 0 saturated heterocycles. The molecule has 0 aromatic heterocycles. The van der Waals surface area contributed by atoms with Crippen LogP contribution in [0.1, 0.15) is 41.5 Å². The fourth-order valence-corrected chi connectivity index (χ4v) is 1.08. The van der Waals surface area contributed by atoms with Gasteiger partial charge in [0.2, 0.25) is 0 Å². The van der Waals surface area contributed by atoms with Crippen LogP contribution in [0.4, 0.5) is 0 Å². The number of rotatable bonds is 9. The maximum Gasteiger partial charge on any atom is 0.0781 e. The molecular formula is C13H28O3. The van der Waals surface area contributed by atoms with E-state index in [0.717, 1.165) is 6.61 Å². The Bertz CT molecular complexity index is 139. The highest BCUT2D eigenvalue weighted by Gasteiger charge is 2.08. The van der Waals surface area contributed by atoms with Crippen molar-refractivity contribution in [1.82, 2.24) is 0 Å². The van der Waals surface area contributed by atoms with E-state index in [-0.39, 0.29) is 18.3 Å². The van der Waals surface area contributed by atoms with Crippen LogP contribution in [0.3, 0.4) is 0 Å². The van der Waals surface area contributed by atoms with Gasteiger partial charge in [-0.15, -0.1) is 0 Å². The first kappa shape index (κ1) is 15.9. The summed E-state index contributed by atoms with van der Waals surface area (Å²) in [6, 6.07) is 0. The van der Waals surface area contributed by atoms with Crippen LogP contribution >= 0.6 is 0 Å². The van der Waals surface area contributed by atoms with Gasteiger partial charge in [-0.2, -0.15) is 0 Å². The molecule has 0 rings (SSSR count). The predicted octanol–water partition coefficient (Wildman–Crippen LogP) is 2.88. The molecule has 0 spiro atoms. The van der Waals surface area contributed by atoms with Crippen molar-refractivity contribution in [3.05, 3.63) is 0 Å². The highest BCUT2D eigenvalue weighted by atomic mass is 16.6. The van der Waals surface area contributed by atoms with E-state index >= 15 is 0 Å². The summed E-state index contributed by atoms with van der Waals surface area (Å²) in [5.74, 6) is 0.573. The zero-order chi connectivity index (χ0) is 12.6. The predicted molar refractivity (Wildman–Crippen MR) is 66.8 cm³/mol. The standard InChI is InChI=1S/C13H28O3/c1-10(2)7-15-13(6)9-16-12(5)8-14-11(3)4/h10-13H,7-9H2,1-6H3. The van der Waals surface area contributed by atoms with Crippen LogP contribution in [0.15, 0.2) is 0 Å². The summed E-state index contributed by atoms with van der Waals surface area (Å²) in [6.45, 7) is 14.5. The van der Waals surface area contributed by atoms with Crippen LogP contribution in [-0.2, 0) is 14.2 Å². The average Bonchev–Trinajstić information content (AvgIpc) is 2.20. The largest absolute Gasteiger partial charge is 0.376 e. The molecule has 2 atom stereocenters. The smallest absolute Gasteiger partial charge is 0.0781 e. The Kier molecular flexibility index (Phi) is 8.90. The SMILES string of the molecule is CC(C)COC(C)COC(C)COC(C)C. The molecule has 16 heavy (non-hydrogen) atoms. The van der Waals surface area contributed by atoms with Crippen molar-refractivity contribution in [3.8, 4) is 0 Å². The van der Waals surface area contributed by atoms with Gasteiger partial charge in [0.1, 0.15) is 0 Å². The second-order valence-electron chi connectivity index (χ2n) is 5.06. The highest BCUT2D eigenvalue weighted by Crippen LogP contribution is 2.01. The van der Waals surface area contributed by atoms with Crippen LogP contribution in [0, 0.1) is 5.92 Å². The van der Waals surface area contributed by atoms with Gasteiger partial charge in [-0.05, 0) is 33.6 Å². The van der Waals surface area contributed by atoms with Crippen molar-refractivity contribution < 1.29 is 14.2 Å². The van der Waals surface area contributed by atoms with E-state index in [1.54, 1.807) is 0 Å². The van der Waals surface area contributed by atoms with Crippen molar-refractivity contribution in [3.63, 3.8) is 0 Å². The molecule has 0 N–H and O–H groups in total. The third-order valence-corrected chi connectivity index (χ3v) is 1.99. The third kappa shape index (κ3) is 10.4. The van der Waals surface area contributed by atoms with E-state index in [9.17, 15) is 0 Å². The lowest BCUT2D eigenvalue weighted by atomic mass is 10.2. The molecule has 2 unspecified atom stereocenters. The van der Waals surface area contributed by atoms with Crippen LogP contribution in [0.2, 0.25) is 0 Å². The molecule has 3 nitrogen and oxygen atoms in total. The maximum absolute atomic E-state index is 5.64. The molecule has 3 heteroatoms. The van der Waals surface area contributed by atoms with Crippen molar-refractivity contribution in [2.24, 2.45) is 5.92 Å². The summed E-state index contributed by atoms with van der Waals surface area (Å²) in [4.78, 5) is 0. The maximum atomic E-state index is 5.64. The van der Waals surface area contributed by atoms with E-state index in [1.165, 1.54) is 0 Å². The van der Waals surface area contributed by atoms with Crippen molar-refractivity contribution in [2.75, 3.05) is 19.8 Å².